The molecule has 1 atom stereocenters. The van der Waals surface area contributed by atoms with Crippen molar-refractivity contribution >= 4 is 23.9 Å². The Hall–Kier alpha value is -2.67. The van der Waals surface area contributed by atoms with Crippen molar-refractivity contribution in [2.75, 3.05) is 6.61 Å². The predicted octanol–water partition coefficient (Wildman–Crippen LogP) is -0.640. The minimum absolute atomic E-state index is 0.345. The number of rotatable bonds is 6. The van der Waals surface area contributed by atoms with Crippen molar-refractivity contribution in [2.45, 2.75) is 6.04 Å². The van der Waals surface area contributed by atoms with E-state index >= 15 is 0 Å². The number of hydrogen-bond acceptors (Lipinski definition) is 4. The van der Waals surface area contributed by atoms with E-state index in [0.717, 1.165) is 6.08 Å². The molecule has 7 heteroatoms. The van der Waals surface area contributed by atoms with E-state index in [1.165, 1.54) is 18.2 Å². The fourth-order valence-corrected chi connectivity index (χ4v) is 1.34. The van der Waals surface area contributed by atoms with Crippen LogP contribution in [0.25, 0.3) is 6.08 Å². The lowest BCUT2D eigenvalue weighted by atomic mass is 10.1. The lowest BCUT2D eigenvalue weighted by molar-refractivity contribution is -0.142. The van der Waals surface area contributed by atoms with Crippen molar-refractivity contribution in [3.05, 3.63) is 41.5 Å². The molecule has 5 N–H and O–H groups in total. The first-order valence-corrected chi connectivity index (χ1v) is 5.66. The number of aliphatic hydroxyl groups excluding tert-OH is 1. The van der Waals surface area contributed by atoms with E-state index < -0.39 is 30.4 Å². The normalized spacial score (nSPS) is 12.1. The highest BCUT2D eigenvalue weighted by molar-refractivity contribution is 5.95. The number of carbonyl (C=O) groups excluding carboxylic acids is 2. The molecule has 0 bridgehead atoms. The van der Waals surface area contributed by atoms with Crippen LogP contribution < -0.4 is 11.1 Å². The average molecular weight is 278 g/mol. The molecule has 0 fully saturated rings. The van der Waals surface area contributed by atoms with Crippen molar-refractivity contribution < 1.29 is 24.6 Å². The fourth-order valence-electron chi connectivity index (χ4n) is 1.34. The van der Waals surface area contributed by atoms with Crippen LogP contribution in [0.5, 0.6) is 0 Å². The van der Waals surface area contributed by atoms with Gasteiger partial charge >= 0.3 is 5.97 Å². The van der Waals surface area contributed by atoms with Crippen LogP contribution >= 0.6 is 0 Å². The summed E-state index contributed by atoms with van der Waals surface area (Å²) in [6, 6.07) is 4.85. The number of aliphatic carboxylic acids is 1. The Labute approximate surface area is 114 Å². The zero-order valence-electron chi connectivity index (χ0n) is 10.4. The number of benzene rings is 1. The molecule has 0 unspecified atom stereocenters. The van der Waals surface area contributed by atoms with Crippen molar-refractivity contribution in [1.29, 1.82) is 0 Å². The maximum atomic E-state index is 11.4. The van der Waals surface area contributed by atoms with Crippen molar-refractivity contribution in [1.82, 2.24) is 5.32 Å². The van der Waals surface area contributed by atoms with Crippen LogP contribution in [-0.2, 0) is 9.59 Å². The van der Waals surface area contributed by atoms with E-state index in [-0.39, 0.29) is 0 Å². The smallest absolute Gasteiger partial charge is 0.328 e. The van der Waals surface area contributed by atoms with Gasteiger partial charge < -0.3 is 21.3 Å². The maximum Gasteiger partial charge on any atom is 0.328 e. The summed E-state index contributed by atoms with van der Waals surface area (Å²) < 4.78 is 0. The van der Waals surface area contributed by atoms with E-state index in [1.807, 2.05) is 0 Å². The van der Waals surface area contributed by atoms with Gasteiger partial charge in [-0.25, -0.2) is 4.79 Å². The number of carboxylic acid groups (broad SMARTS) is 1. The van der Waals surface area contributed by atoms with Gasteiger partial charge in [0.25, 0.3) is 0 Å². The van der Waals surface area contributed by atoms with Crippen molar-refractivity contribution in [2.24, 2.45) is 5.73 Å². The summed E-state index contributed by atoms with van der Waals surface area (Å²) in [5.74, 6) is -2.52. The first-order valence-electron chi connectivity index (χ1n) is 5.66. The molecule has 1 rings (SSSR count). The molecule has 1 aromatic carbocycles. The molecule has 0 heterocycles. The summed E-state index contributed by atoms with van der Waals surface area (Å²) in [5, 5.41) is 19.5. The second-order valence-corrected chi connectivity index (χ2v) is 3.90. The molecule has 0 spiro atoms. The topological polar surface area (TPSA) is 130 Å². The number of nitrogens with two attached hydrogens (primary N) is 1. The van der Waals surface area contributed by atoms with Gasteiger partial charge in [0.15, 0.2) is 6.04 Å². The van der Waals surface area contributed by atoms with Crippen LogP contribution in [0.15, 0.2) is 30.3 Å². The molecule has 106 valence electrons. The minimum atomic E-state index is -1.34. The van der Waals surface area contributed by atoms with Gasteiger partial charge in [0.05, 0.1) is 6.61 Å². The third-order valence-corrected chi connectivity index (χ3v) is 2.42. The number of aliphatic hydroxyl groups is 1. The first kappa shape index (κ1) is 15.4. The molecule has 1 aromatic rings. The number of carboxylic acids is 1. The van der Waals surface area contributed by atoms with Gasteiger partial charge in [-0.15, -0.1) is 0 Å². The number of hydrogen-bond donors (Lipinski definition) is 4. The zero-order valence-corrected chi connectivity index (χ0v) is 10.4. The van der Waals surface area contributed by atoms with Crippen LogP contribution in [0.1, 0.15) is 15.9 Å². The quantitative estimate of drug-likeness (QED) is 0.514. The predicted molar refractivity (Wildman–Crippen MR) is 70.6 cm³/mol. The summed E-state index contributed by atoms with van der Waals surface area (Å²) in [6.45, 7) is -0.692. The third-order valence-electron chi connectivity index (χ3n) is 2.42. The Morgan fingerprint density at radius 2 is 1.85 bits per heavy atom. The maximum absolute atomic E-state index is 11.4. The molecule has 20 heavy (non-hydrogen) atoms. The Morgan fingerprint density at radius 3 is 2.30 bits per heavy atom. The molecule has 7 nitrogen and oxygen atoms in total. The molecular weight excluding hydrogens is 264 g/mol. The van der Waals surface area contributed by atoms with Crippen LogP contribution in [0.4, 0.5) is 0 Å². The number of amides is 2. The highest BCUT2D eigenvalue weighted by Crippen LogP contribution is 2.05. The zero-order chi connectivity index (χ0) is 15.1. The summed E-state index contributed by atoms with van der Waals surface area (Å²) in [6.07, 6.45) is 2.57. The Kier molecular flexibility index (Phi) is 5.42. The largest absolute Gasteiger partial charge is 0.480 e. The van der Waals surface area contributed by atoms with Crippen LogP contribution in [-0.4, -0.2) is 40.6 Å². The van der Waals surface area contributed by atoms with Gasteiger partial charge in [0.1, 0.15) is 0 Å². The number of nitrogens with one attached hydrogen (secondary N) is 1. The molecule has 0 saturated heterocycles. The molecule has 0 saturated carbocycles. The first-order chi connectivity index (χ1) is 9.43. The van der Waals surface area contributed by atoms with E-state index in [2.05, 4.69) is 5.32 Å². The van der Waals surface area contributed by atoms with Gasteiger partial charge in [0, 0.05) is 11.6 Å². The van der Waals surface area contributed by atoms with E-state index in [1.54, 1.807) is 12.1 Å². The van der Waals surface area contributed by atoms with Gasteiger partial charge in [-0.3, -0.25) is 9.59 Å². The molecule has 0 aliphatic rings. The van der Waals surface area contributed by atoms with Gasteiger partial charge in [-0.1, -0.05) is 12.1 Å². The highest BCUT2D eigenvalue weighted by atomic mass is 16.4. The summed E-state index contributed by atoms with van der Waals surface area (Å²) in [7, 11) is 0. The van der Waals surface area contributed by atoms with E-state index in [4.69, 9.17) is 15.9 Å². The molecule has 0 radical (unpaired) electrons. The van der Waals surface area contributed by atoms with Crippen LogP contribution in [0.2, 0.25) is 0 Å². The lowest BCUT2D eigenvalue weighted by Crippen LogP contribution is -2.42. The fraction of sp³-hybridized carbons (Fsp3) is 0.154. The van der Waals surface area contributed by atoms with E-state index in [0.29, 0.717) is 11.1 Å². The Balaban J connectivity index is 2.65. The Morgan fingerprint density at radius 1 is 1.25 bits per heavy atom. The summed E-state index contributed by atoms with van der Waals surface area (Å²) in [4.78, 5) is 32.9. The molecule has 2 amide bonds. The molecular formula is C13H14N2O5. The second kappa shape index (κ2) is 7.05. The van der Waals surface area contributed by atoms with Gasteiger partial charge in [-0.2, -0.15) is 0 Å². The molecule has 0 aliphatic heterocycles. The molecule has 0 aromatic heterocycles. The van der Waals surface area contributed by atoms with Crippen molar-refractivity contribution in [3.63, 3.8) is 0 Å². The van der Waals surface area contributed by atoms with Crippen LogP contribution in [0.3, 0.4) is 0 Å². The molecule has 0 aliphatic carbocycles. The third kappa shape index (κ3) is 4.54. The second-order valence-electron chi connectivity index (χ2n) is 3.90. The van der Waals surface area contributed by atoms with Crippen molar-refractivity contribution in [3.8, 4) is 0 Å². The van der Waals surface area contributed by atoms with Gasteiger partial charge in [0.2, 0.25) is 11.8 Å². The lowest BCUT2D eigenvalue weighted by Gasteiger charge is -2.09. The van der Waals surface area contributed by atoms with E-state index in [9.17, 15) is 14.4 Å². The SMILES string of the molecule is NC(=O)c1ccc(/C=C/C(=O)N[C@@H](CO)C(=O)O)cc1. The standard InChI is InChI=1S/C13H14N2O5/c14-12(18)9-4-1-8(2-5-9)3-6-11(17)15-10(7-16)13(19)20/h1-6,10,16H,7H2,(H2,14,18)(H,15,17)(H,19,20)/b6-3+/t10-/m0/s1. The van der Waals surface area contributed by atoms with Gasteiger partial charge in [-0.05, 0) is 23.8 Å². The number of primary amides is 1. The van der Waals surface area contributed by atoms with Crippen LogP contribution in [0, 0.1) is 0 Å². The minimum Gasteiger partial charge on any atom is -0.480 e. The monoisotopic (exact) mass is 278 g/mol. The number of carbonyl (C=O) groups is 3. The Bertz CT molecular complexity index is 536. The highest BCUT2D eigenvalue weighted by Gasteiger charge is 2.16. The summed E-state index contributed by atoms with van der Waals surface area (Å²) >= 11 is 0. The average Bonchev–Trinajstić information content (AvgIpc) is 2.42. The summed E-state index contributed by atoms with van der Waals surface area (Å²) in [5.41, 5.74) is 6.07.